The van der Waals surface area contributed by atoms with Crippen LogP contribution in [0.15, 0.2) is 65.1 Å². The molecule has 4 rings (SSSR count). The van der Waals surface area contributed by atoms with Crippen LogP contribution in [0.4, 0.5) is 10.1 Å². The number of anilines is 1. The van der Waals surface area contributed by atoms with Crippen molar-refractivity contribution >= 4 is 17.5 Å². The lowest BCUT2D eigenvalue weighted by molar-refractivity contribution is -0.128. The quantitative estimate of drug-likeness (QED) is 0.391. The monoisotopic (exact) mass is 506 g/mol. The summed E-state index contributed by atoms with van der Waals surface area (Å²) in [7, 11) is 0. The number of aromatic nitrogens is 4. The van der Waals surface area contributed by atoms with Crippen molar-refractivity contribution in [3.8, 4) is 17.3 Å². The summed E-state index contributed by atoms with van der Waals surface area (Å²) in [6, 6.07) is 13.5. The van der Waals surface area contributed by atoms with Crippen LogP contribution in [-0.2, 0) is 16.1 Å². The maximum absolute atomic E-state index is 13.8. The second-order valence-corrected chi connectivity index (χ2v) is 9.53. The Morgan fingerprint density at radius 2 is 1.86 bits per heavy atom. The lowest BCUT2D eigenvalue weighted by Crippen LogP contribution is -2.50. The fraction of sp³-hybridized carbons (Fsp3) is 0.269. The van der Waals surface area contributed by atoms with Crippen LogP contribution in [0.5, 0.6) is 5.75 Å². The van der Waals surface area contributed by atoms with Gasteiger partial charge in [-0.05, 0) is 74.9 Å². The van der Waals surface area contributed by atoms with Crippen LogP contribution in [-0.4, -0.2) is 42.7 Å². The third kappa shape index (κ3) is 6.18. The van der Waals surface area contributed by atoms with Crippen LogP contribution < -0.4 is 10.2 Å². The molecule has 0 fully saturated rings. The van der Waals surface area contributed by atoms with E-state index in [4.69, 9.17) is 4.42 Å². The number of benzene rings is 2. The molecule has 2 aromatic heterocycles. The van der Waals surface area contributed by atoms with Crippen LogP contribution in [0.1, 0.15) is 38.1 Å². The zero-order valence-corrected chi connectivity index (χ0v) is 20.8. The molecule has 10 nitrogen and oxygen atoms in total. The molecule has 192 valence electrons. The van der Waals surface area contributed by atoms with Gasteiger partial charge in [0.05, 0.1) is 0 Å². The highest BCUT2D eigenvalue weighted by Gasteiger charge is 2.35. The number of aryl methyl sites for hydroxylation is 1. The van der Waals surface area contributed by atoms with Crippen molar-refractivity contribution in [3.05, 3.63) is 77.8 Å². The van der Waals surface area contributed by atoms with Gasteiger partial charge in [0.15, 0.2) is 5.76 Å². The Labute approximate surface area is 212 Å². The Hall–Kier alpha value is -4.54. The number of phenols is 1. The molecule has 0 saturated carbocycles. The van der Waals surface area contributed by atoms with E-state index >= 15 is 0 Å². The summed E-state index contributed by atoms with van der Waals surface area (Å²) in [5, 5.41) is 25.2. The van der Waals surface area contributed by atoms with Gasteiger partial charge < -0.3 is 14.8 Å². The number of amides is 2. The van der Waals surface area contributed by atoms with Crippen molar-refractivity contribution in [2.75, 3.05) is 4.90 Å². The maximum atomic E-state index is 13.8. The van der Waals surface area contributed by atoms with E-state index in [0.717, 1.165) is 4.80 Å². The number of nitrogens with zero attached hydrogens (tertiary/aromatic N) is 5. The molecule has 0 aliphatic rings. The van der Waals surface area contributed by atoms with E-state index in [9.17, 15) is 19.1 Å². The molecule has 0 bridgehead atoms. The van der Waals surface area contributed by atoms with E-state index in [1.165, 1.54) is 41.3 Å². The summed E-state index contributed by atoms with van der Waals surface area (Å²) in [6.45, 7) is 6.84. The van der Waals surface area contributed by atoms with Gasteiger partial charge in [0.2, 0.25) is 11.7 Å². The number of phenolic OH excluding ortho intramolecular Hbond substituents is 1. The van der Waals surface area contributed by atoms with E-state index < -0.39 is 29.2 Å². The first-order valence-corrected chi connectivity index (χ1v) is 11.5. The average molecular weight is 507 g/mol. The summed E-state index contributed by atoms with van der Waals surface area (Å²) in [6.07, 6.45) is 0. The third-order valence-electron chi connectivity index (χ3n) is 5.26. The first-order chi connectivity index (χ1) is 17.5. The molecule has 2 heterocycles. The Morgan fingerprint density at radius 1 is 1.14 bits per heavy atom. The van der Waals surface area contributed by atoms with Crippen LogP contribution in [0.2, 0.25) is 0 Å². The number of nitrogens with one attached hydrogen (secondary N) is 1. The molecule has 0 aliphatic carbocycles. The second-order valence-electron chi connectivity index (χ2n) is 9.53. The molecule has 1 unspecified atom stereocenters. The highest BCUT2D eigenvalue weighted by atomic mass is 19.1. The molecule has 0 spiro atoms. The maximum Gasteiger partial charge on any atom is 0.251 e. The van der Waals surface area contributed by atoms with Gasteiger partial charge >= 0.3 is 0 Å². The molecule has 0 radical (unpaired) electrons. The topological polar surface area (TPSA) is 126 Å². The fourth-order valence-corrected chi connectivity index (χ4v) is 3.74. The summed E-state index contributed by atoms with van der Waals surface area (Å²) in [5.41, 5.74) is 0.00965. The van der Waals surface area contributed by atoms with Gasteiger partial charge in [0, 0.05) is 17.3 Å². The van der Waals surface area contributed by atoms with Gasteiger partial charge in [0.1, 0.15) is 29.9 Å². The molecule has 37 heavy (non-hydrogen) atoms. The first-order valence-electron chi connectivity index (χ1n) is 11.5. The van der Waals surface area contributed by atoms with Crippen LogP contribution in [0, 0.1) is 12.7 Å². The van der Waals surface area contributed by atoms with Crippen LogP contribution >= 0.6 is 0 Å². The minimum atomic E-state index is -1.19. The molecular weight excluding hydrogens is 479 g/mol. The average Bonchev–Trinajstić information content (AvgIpc) is 3.45. The van der Waals surface area contributed by atoms with Gasteiger partial charge in [-0.3, -0.25) is 14.5 Å². The highest BCUT2D eigenvalue weighted by molar-refractivity contribution is 6.01. The fourth-order valence-electron chi connectivity index (χ4n) is 3.74. The molecule has 1 atom stereocenters. The smallest absolute Gasteiger partial charge is 0.251 e. The van der Waals surface area contributed by atoms with Gasteiger partial charge in [-0.2, -0.15) is 4.80 Å². The molecular formula is C26H27FN6O4. The van der Waals surface area contributed by atoms with Crippen molar-refractivity contribution in [1.29, 1.82) is 0 Å². The number of hydrogen-bond acceptors (Lipinski definition) is 7. The van der Waals surface area contributed by atoms with E-state index in [2.05, 4.69) is 20.7 Å². The van der Waals surface area contributed by atoms with Gasteiger partial charge in [0.25, 0.3) is 5.91 Å². The van der Waals surface area contributed by atoms with E-state index in [0.29, 0.717) is 17.1 Å². The zero-order chi connectivity index (χ0) is 26.7. The standard InChI is InChI=1S/C26H27FN6O4/c1-16-8-13-21(37-16)24-29-31-32(30-24)15-22(35)33(19-6-5-7-20(34)14-19)23(25(36)28-26(2,3)4)17-9-11-18(27)12-10-17/h5-14,23,34H,15H2,1-4H3,(H,28,36). The molecule has 2 amide bonds. The number of carbonyl (C=O) groups is 2. The van der Waals surface area contributed by atoms with Gasteiger partial charge in [-0.1, -0.05) is 18.2 Å². The number of tetrazole rings is 1. The van der Waals surface area contributed by atoms with Crippen molar-refractivity contribution in [2.45, 2.75) is 45.8 Å². The molecule has 2 aromatic carbocycles. The Balaban J connectivity index is 1.75. The molecule has 0 saturated heterocycles. The van der Waals surface area contributed by atoms with Crippen molar-refractivity contribution in [1.82, 2.24) is 25.5 Å². The minimum Gasteiger partial charge on any atom is -0.508 e. The van der Waals surface area contributed by atoms with Gasteiger partial charge in [-0.25, -0.2) is 4.39 Å². The normalized spacial score (nSPS) is 12.2. The highest BCUT2D eigenvalue weighted by Crippen LogP contribution is 2.31. The van der Waals surface area contributed by atoms with Crippen molar-refractivity contribution in [2.24, 2.45) is 0 Å². The van der Waals surface area contributed by atoms with E-state index in [-0.39, 0.29) is 23.8 Å². The lowest BCUT2D eigenvalue weighted by atomic mass is 10.0. The van der Waals surface area contributed by atoms with Gasteiger partial charge in [-0.15, -0.1) is 10.2 Å². The second kappa shape index (κ2) is 10.2. The van der Waals surface area contributed by atoms with Crippen LogP contribution in [0.3, 0.4) is 0 Å². The predicted molar refractivity (Wildman–Crippen MR) is 133 cm³/mol. The largest absolute Gasteiger partial charge is 0.508 e. The summed E-state index contributed by atoms with van der Waals surface area (Å²) < 4.78 is 19.3. The number of halogens is 1. The molecule has 0 aliphatic heterocycles. The van der Waals surface area contributed by atoms with Crippen molar-refractivity contribution < 1.29 is 23.5 Å². The number of aromatic hydroxyl groups is 1. The third-order valence-corrected chi connectivity index (χ3v) is 5.26. The predicted octanol–water partition coefficient (Wildman–Crippen LogP) is 3.78. The number of hydrogen-bond donors (Lipinski definition) is 2. The number of furan rings is 1. The number of rotatable bonds is 7. The Bertz CT molecular complexity index is 1410. The molecule has 2 N–H and O–H groups in total. The lowest BCUT2D eigenvalue weighted by Gasteiger charge is -2.33. The molecule has 4 aromatic rings. The van der Waals surface area contributed by atoms with E-state index in [1.807, 2.05) is 20.8 Å². The molecule has 11 heteroatoms. The summed E-state index contributed by atoms with van der Waals surface area (Å²) in [5.74, 6) is -0.373. The summed E-state index contributed by atoms with van der Waals surface area (Å²) in [4.78, 5) is 29.7. The Morgan fingerprint density at radius 3 is 2.49 bits per heavy atom. The number of carbonyl (C=O) groups excluding carboxylic acids is 2. The minimum absolute atomic E-state index is 0.0984. The zero-order valence-electron chi connectivity index (χ0n) is 20.8. The summed E-state index contributed by atoms with van der Waals surface area (Å²) >= 11 is 0. The SMILES string of the molecule is Cc1ccc(-c2nnn(CC(=O)N(c3cccc(O)c3)C(C(=O)NC(C)(C)C)c3ccc(F)cc3)n2)o1. The first kappa shape index (κ1) is 25.5. The Kier molecular flexibility index (Phi) is 7.05. The van der Waals surface area contributed by atoms with E-state index in [1.54, 1.807) is 31.2 Å². The van der Waals surface area contributed by atoms with Crippen LogP contribution in [0.25, 0.3) is 11.6 Å². The van der Waals surface area contributed by atoms with Crippen molar-refractivity contribution in [3.63, 3.8) is 0 Å².